The van der Waals surface area contributed by atoms with E-state index >= 15 is 0 Å². The van der Waals surface area contributed by atoms with Crippen LogP contribution in [-0.4, -0.2) is 46.2 Å². The average Bonchev–Trinajstić information content (AvgIpc) is 3.27. The van der Waals surface area contributed by atoms with Crippen molar-refractivity contribution in [2.75, 3.05) is 24.5 Å². The number of anilines is 1. The zero-order valence-corrected chi connectivity index (χ0v) is 15.6. The number of ether oxygens (including phenoxy) is 1. The highest BCUT2D eigenvalue weighted by molar-refractivity contribution is 5.96. The number of amides is 3. The molecule has 1 fully saturated rings. The smallest absolute Gasteiger partial charge is 0.408 e. The maximum Gasteiger partial charge on any atom is 0.420 e. The molecule has 1 aromatic heterocycles. The maximum absolute atomic E-state index is 13.5. The second kappa shape index (κ2) is 8.00. The summed E-state index contributed by atoms with van der Waals surface area (Å²) in [4.78, 5) is 29.6. The number of imidazole rings is 1. The summed E-state index contributed by atoms with van der Waals surface area (Å²) in [6.45, 7) is 0.237. The van der Waals surface area contributed by atoms with Crippen LogP contribution in [0.15, 0.2) is 30.9 Å². The molecular weight excluding hydrogens is 436 g/mol. The minimum atomic E-state index is -5.31. The van der Waals surface area contributed by atoms with Crippen molar-refractivity contribution in [2.45, 2.75) is 18.9 Å². The number of aromatic nitrogens is 2. The number of nitrogens with zero attached hydrogens (tertiary/aromatic N) is 4. The number of hydrogen-bond donors (Lipinski definition) is 1. The molecule has 2 aromatic rings. The summed E-state index contributed by atoms with van der Waals surface area (Å²) in [5.41, 5.74) is 0.437. The van der Waals surface area contributed by atoms with Gasteiger partial charge in [-0.25, -0.2) is 14.6 Å². The zero-order valence-electron chi connectivity index (χ0n) is 15.6. The standard InChI is InChI=1S/C17H15F6N5O3/c18-16(19,20)10-7-11(17(21,22)23)13(31-14(24)29)12(8-10)28-6-5-27(15(28)30)4-3-26-2-1-25-9-26/h1-2,7-9H,3-6H2,(H2,24,29). The van der Waals surface area contributed by atoms with E-state index in [2.05, 4.69) is 9.72 Å². The minimum absolute atomic E-state index is 0.0289. The molecule has 0 radical (unpaired) electrons. The molecule has 3 rings (SSSR count). The van der Waals surface area contributed by atoms with Crippen molar-refractivity contribution in [1.29, 1.82) is 0 Å². The van der Waals surface area contributed by atoms with Crippen LogP contribution in [0.1, 0.15) is 11.1 Å². The molecule has 1 aliphatic rings. The number of nitrogens with two attached hydrogens (primary N) is 1. The van der Waals surface area contributed by atoms with Crippen molar-refractivity contribution in [3.8, 4) is 5.75 Å². The van der Waals surface area contributed by atoms with Gasteiger partial charge in [-0.2, -0.15) is 26.3 Å². The molecule has 0 unspecified atom stereocenters. The molecule has 2 N–H and O–H groups in total. The zero-order chi connectivity index (χ0) is 23.0. The number of halogens is 6. The van der Waals surface area contributed by atoms with Crippen molar-refractivity contribution >= 4 is 17.8 Å². The van der Waals surface area contributed by atoms with Gasteiger partial charge in [0.2, 0.25) is 0 Å². The third-order valence-corrected chi connectivity index (χ3v) is 4.48. The first kappa shape index (κ1) is 22.2. The fourth-order valence-corrected chi connectivity index (χ4v) is 3.06. The van der Waals surface area contributed by atoms with Gasteiger partial charge in [0, 0.05) is 38.6 Å². The number of hydrogen-bond acceptors (Lipinski definition) is 4. The first-order valence-corrected chi connectivity index (χ1v) is 8.70. The van der Waals surface area contributed by atoms with Crippen molar-refractivity contribution in [2.24, 2.45) is 5.73 Å². The third kappa shape index (κ3) is 4.83. The van der Waals surface area contributed by atoms with Crippen LogP contribution in [0.3, 0.4) is 0 Å². The molecule has 3 amide bonds. The normalized spacial score (nSPS) is 15.0. The van der Waals surface area contributed by atoms with Gasteiger partial charge in [0.05, 0.1) is 17.6 Å². The lowest BCUT2D eigenvalue weighted by molar-refractivity contribution is -0.143. The second-order valence-corrected chi connectivity index (χ2v) is 6.51. The molecular formula is C17H15F6N5O3. The highest BCUT2D eigenvalue weighted by Gasteiger charge is 2.43. The van der Waals surface area contributed by atoms with E-state index in [0.717, 1.165) is 0 Å². The predicted molar refractivity (Wildman–Crippen MR) is 93.2 cm³/mol. The van der Waals surface area contributed by atoms with E-state index < -0.39 is 47.0 Å². The van der Waals surface area contributed by atoms with E-state index in [1.807, 2.05) is 0 Å². The lowest BCUT2D eigenvalue weighted by Gasteiger charge is -2.24. The first-order chi connectivity index (χ1) is 14.4. The van der Waals surface area contributed by atoms with Gasteiger partial charge in [-0.15, -0.1) is 0 Å². The number of benzene rings is 1. The molecule has 168 valence electrons. The molecule has 31 heavy (non-hydrogen) atoms. The van der Waals surface area contributed by atoms with Gasteiger partial charge in [0.1, 0.15) is 5.56 Å². The van der Waals surface area contributed by atoms with E-state index in [9.17, 15) is 35.9 Å². The summed E-state index contributed by atoms with van der Waals surface area (Å²) in [7, 11) is 0. The van der Waals surface area contributed by atoms with Crippen molar-refractivity contribution in [3.05, 3.63) is 42.0 Å². The summed E-state index contributed by atoms with van der Waals surface area (Å²) >= 11 is 0. The number of primary amides is 1. The lowest BCUT2D eigenvalue weighted by Crippen LogP contribution is -2.34. The van der Waals surface area contributed by atoms with Gasteiger partial charge in [-0.3, -0.25) is 4.90 Å². The van der Waals surface area contributed by atoms with E-state index in [1.165, 1.54) is 17.4 Å². The molecule has 8 nitrogen and oxygen atoms in total. The van der Waals surface area contributed by atoms with Crippen LogP contribution in [0, 0.1) is 0 Å². The minimum Gasteiger partial charge on any atom is -0.408 e. The summed E-state index contributed by atoms with van der Waals surface area (Å²) in [6.07, 6.45) is -7.52. The summed E-state index contributed by atoms with van der Waals surface area (Å²) in [6, 6.07) is -0.717. The Kier molecular flexibility index (Phi) is 5.74. The Morgan fingerprint density at radius 2 is 1.81 bits per heavy atom. The van der Waals surface area contributed by atoms with Crippen LogP contribution >= 0.6 is 0 Å². The molecule has 14 heteroatoms. The molecule has 2 heterocycles. The van der Waals surface area contributed by atoms with E-state index in [0.29, 0.717) is 17.5 Å². The number of urea groups is 1. The molecule has 0 atom stereocenters. The largest absolute Gasteiger partial charge is 0.420 e. The predicted octanol–water partition coefficient (Wildman–Crippen LogP) is 3.32. The van der Waals surface area contributed by atoms with Crippen molar-refractivity contribution in [3.63, 3.8) is 0 Å². The van der Waals surface area contributed by atoms with E-state index in [-0.39, 0.29) is 25.7 Å². The molecule has 1 saturated heterocycles. The third-order valence-electron chi connectivity index (χ3n) is 4.48. The van der Waals surface area contributed by atoms with Crippen molar-refractivity contribution in [1.82, 2.24) is 14.5 Å². The quantitative estimate of drug-likeness (QED) is 0.706. The number of carbonyl (C=O) groups excluding carboxylic acids is 2. The number of rotatable bonds is 5. The van der Waals surface area contributed by atoms with Gasteiger partial charge >= 0.3 is 24.5 Å². The Morgan fingerprint density at radius 1 is 1.10 bits per heavy atom. The lowest BCUT2D eigenvalue weighted by atomic mass is 10.1. The Morgan fingerprint density at radius 3 is 2.35 bits per heavy atom. The molecule has 0 spiro atoms. The molecule has 1 aromatic carbocycles. The van der Waals surface area contributed by atoms with E-state index in [4.69, 9.17) is 5.73 Å². The Labute approximate surface area is 170 Å². The molecule has 0 saturated carbocycles. The van der Waals surface area contributed by atoms with Gasteiger partial charge in [-0.05, 0) is 12.1 Å². The average molecular weight is 451 g/mol. The number of carbonyl (C=O) groups is 2. The molecule has 0 bridgehead atoms. The summed E-state index contributed by atoms with van der Waals surface area (Å²) < 4.78 is 86.2. The van der Waals surface area contributed by atoms with Crippen LogP contribution < -0.4 is 15.4 Å². The molecule has 1 aliphatic heterocycles. The van der Waals surface area contributed by atoms with E-state index in [1.54, 1.807) is 10.8 Å². The van der Waals surface area contributed by atoms with Crippen LogP contribution in [0.5, 0.6) is 5.75 Å². The van der Waals surface area contributed by atoms with Crippen LogP contribution in [-0.2, 0) is 18.9 Å². The fraction of sp³-hybridized carbons (Fsp3) is 0.353. The van der Waals surface area contributed by atoms with Crippen LogP contribution in [0.25, 0.3) is 0 Å². The Hall–Kier alpha value is -3.45. The highest BCUT2D eigenvalue weighted by Crippen LogP contribution is 2.46. The Bertz CT molecular complexity index is 974. The SMILES string of the molecule is NC(=O)Oc1c(N2CCN(CCn3ccnc3)C2=O)cc(C(F)(F)F)cc1C(F)(F)F. The Balaban J connectivity index is 2.01. The van der Waals surface area contributed by atoms with Crippen LogP contribution in [0.2, 0.25) is 0 Å². The van der Waals surface area contributed by atoms with Gasteiger partial charge in [0.15, 0.2) is 5.75 Å². The van der Waals surface area contributed by atoms with Crippen molar-refractivity contribution < 1.29 is 40.7 Å². The second-order valence-electron chi connectivity index (χ2n) is 6.51. The van der Waals surface area contributed by atoms with Gasteiger partial charge in [-0.1, -0.05) is 0 Å². The number of alkyl halides is 6. The summed E-state index contributed by atoms with van der Waals surface area (Å²) in [5, 5.41) is 0. The fourth-order valence-electron chi connectivity index (χ4n) is 3.06. The van der Waals surface area contributed by atoms with Gasteiger partial charge in [0.25, 0.3) is 0 Å². The van der Waals surface area contributed by atoms with Crippen LogP contribution in [0.4, 0.5) is 41.6 Å². The first-order valence-electron chi connectivity index (χ1n) is 8.70. The molecule has 0 aliphatic carbocycles. The summed E-state index contributed by atoms with van der Waals surface area (Å²) in [5.74, 6) is -1.27. The maximum atomic E-state index is 13.5. The van der Waals surface area contributed by atoms with Gasteiger partial charge < -0.3 is 19.9 Å². The highest BCUT2D eigenvalue weighted by atomic mass is 19.4. The topological polar surface area (TPSA) is 93.7 Å². The monoisotopic (exact) mass is 451 g/mol.